The third-order valence-electron chi connectivity index (χ3n) is 2.54. The summed E-state index contributed by atoms with van der Waals surface area (Å²) >= 11 is 0.981. The third-order valence-corrected chi connectivity index (χ3v) is 3.58. The minimum absolute atomic E-state index is 0.145. The van der Waals surface area contributed by atoms with E-state index in [1.165, 1.54) is 27.9 Å². The van der Waals surface area contributed by atoms with Crippen LogP contribution in [0.3, 0.4) is 0 Å². The maximum absolute atomic E-state index is 11.3. The van der Waals surface area contributed by atoms with Crippen molar-refractivity contribution in [2.24, 2.45) is 0 Å². The van der Waals surface area contributed by atoms with Crippen molar-refractivity contribution < 1.29 is 33.3 Å². The van der Waals surface area contributed by atoms with Crippen LogP contribution < -0.4 is 0 Å². The lowest BCUT2D eigenvalue weighted by molar-refractivity contribution is -0.245. The molecule has 1 aliphatic heterocycles. The highest BCUT2D eigenvalue weighted by atomic mass is 32.2. The maximum Gasteiger partial charge on any atom is 0.303 e. The normalized spacial score (nSPS) is 29.6. The Hall–Kier alpha value is -1.12. The molecule has 1 aliphatic rings. The van der Waals surface area contributed by atoms with Crippen molar-refractivity contribution in [3.05, 3.63) is 0 Å². The van der Waals surface area contributed by atoms with Gasteiger partial charge in [0.15, 0.2) is 23.6 Å². The lowest BCUT2D eigenvalue weighted by Gasteiger charge is -2.39. The second-order valence-electron chi connectivity index (χ2n) is 4.23. The number of hydrogen-bond acceptors (Lipinski definition) is 8. The molecule has 0 bridgehead atoms. The highest BCUT2D eigenvalue weighted by Gasteiger charge is 2.46. The van der Waals surface area contributed by atoms with Gasteiger partial charge >= 0.3 is 11.9 Å². The number of esters is 2. The van der Waals surface area contributed by atoms with E-state index in [-0.39, 0.29) is 11.7 Å². The van der Waals surface area contributed by atoms with Gasteiger partial charge in [0.05, 0.1) is 11.9 Å². The smallest absolute Gasteiger partial charge is 0.303 e. The van der Waals surface area contributed by atoms with Crippen LogP contribution in [-0.4, -0.2) is 54.5 Å². The Morgan fingerprint density at radius 3 is 2.05 bits per heavy atom. The fourth-order valence-electron chi connectivity index (χ4n) is 1.91. The Labute approximate surface area is 121 Å². The molecule has 20 heavy (non-hydrogen) atoms. The van der Waals surface area contributed by atoms with E-state index in [1.54, 1.807) is 0 Å². The number of carbonyl (C=O) groups excluding carboxylic acids is 3. The molecule has 0 N–H and O–H groups in total. The van der Waals surface area contributed by atoms with E-state index in [9.17, 15) is 14.4 Å². The van der Waals surface area contributed by atoms with Gasteiger partial charge in [-0.15, -0.1) is 0 Å². The first-order valence-corrected chi connectivity index (χ1v) is 6.89. The summed E-state index contributed by atoms with van der Waals surface area (Å²) in [5.74, 6) is -1.08. The predicted molar refractivity (Wildman–Crippen MR) is 69.9 cm³/mol. The van der Waals surface area contributed by atoms with Gasteiger partial charge in [-0.1, -0.05) is 11.8 Å². The van der Waals surface area contributed by atoms with Crippen molar-refractivity contribution >= 4 is 28.8 Å². The summed E-state index contributed by atoms with van der Waals surface area (Å²) in [5, 5.41) is -0.597. The summed E-state index contributed by atoms with van der Waals surface area (Å²) in [6, 6.07) is 0. The molecule has 7 nitrogen and oxygen atoms in total. The Bertz CT molecular complexity index is 384. The molecule has 0 unspecified atom stereocenters. The molecule has 0 amide bonds. The monoisotopic (exact) mass is 306 g/mol. The van der Waals surface area contributed by atoms with Crippen LogP contribution in [0.4, 0.5) is 0 Å². The molecule has 0 radical (unpaired) electrons. The molecule has 0 saturated carbocycles. The van der Waals surface area contributed by atoms with Crippen molar-refractivity contribution in [1.29, 1.82) is 0 Å². The highest BCUT2D eigenvalue weighted by molar-refractivity contribution is 8.14. The summed E-state index contributed by atoms with van der Waals surface area (Å²) in [6.45, 7) is 4.04. The minimum atomic E-state index is -0.910. The van der Waals surface area contributed by atoms with Gasteiger partial charge in [-0.3, -0.25) is 14.4 Å². The molecule has 4 atom stereocenters. The highest BCUT2D eigenvalue weighted by Crippen LogP contribution is 2.30. The van der Waals surface area contributed by atoms with Crippen LogP contribution in [0.2, 0.25) is 0 Å². The standard InChI is InChI=1S/C12H18O7S/c1-6(13)18-10-9(20-8(3)15)5-17-12(16-4)11(10)19-7(2)14/h9-12H,5H2,1-4H3/t9-,10+,11-,12+/m1/s1. The van der Waals surface area contributed by atoms with Crippen LogP contribution in [-0.2, 0) is 33.3 Å². The van der Waals surface area contributed by atoms with Crippen molar-refractivity contribution in [2.75, 3.05) is 13.7 Å². The lowest BCUT2D eigenvalue weighted by atomic mass is 10.1. The molecule has 1 saturated heterocycles. The predicted octanol–water partition coefficient (Wildman–Crippen LogP) is 0.501. The minimum Gasteiger partial charge on any atom is -0.457 e. The molecule has 0 spiro atoms. The fourth-order valence-corrected chi connectivity index (χ4v) is 2.83. The van der Waals surface area contributed by atoms with Gasteiger partial charge in [-0.05, 0) is 0 Å². The van der Waals surface area contributed by atoms with E-state index < -0.39 is 35.7 Å². The summed E-state index contributed by atoms with van der Waals surface area (Å²) in [6.07, 6.45) is -2.55. The molecule has 8 heteroatoms. The first-order valence-electron chi connectivity index (χ1n) is 6.01. The first-order chi connectivity index (χ1) is 9.35. The molecule has 1 heterocycles. The zero-order valence-electron chi connectivity index (χ0n) is 11.8. The van der Waals surface area contributed by atoms with Gasteiger partial charge in [0.2, 0.25) is 0 Å². The Balaban J connectivity index is 2.95. The van der Waals surface area contributed by atoms with Gasteiger partial charge in [0.25, 0.3) is 0 Å². The van der Waals surface area contributed by atoms with E-state index in [4.69, 9.17) is 18.9 Å². The molecule has 114 valence electrons. The summed E-state index contributed by atoms with van der Waals surface area (Å²) < 4.78 is 20.8. The number of methoxy groups -OCH3 is 1. The average Bonchev–Trinajstić information content (AvgIpc) is 2.31. The molecule has 0 aromatic carbocycles. The Kier molecular flexibility index (Phi) is 6.44. The topological polar surface area (TPSA) is 88.1 Å². The molecule has 1 fully saturated rings. The van der Waals surface area contributed by atoms with E-state index in [1.807, 2.05) is 0 Å². The molecule has 0 aliphatic carbocycles. The van der Waals surface area contributed by atoms with Crippen molar-refractivity contribution in [2.45, 2.75) is 44.5 Å². The van der Waals surface area contributed by atoms with Crippen molar-refractivity contribution in [3.8, 4) is 0 Å². The van der Waals surface area contributed by atoms with Crippen molar-refractivity contribution in [1.82, 2.24) is 0 Å². The molecular formula is C12H18O7S. The number of ether oxygens (including phenoxy) is 4. The fraction of sp³-hybridized carbons (Fsp3) is 0.750. The van der Waals surface area contributed by atoms with Crippen LogP contribution in [0.15, 0.2) is 0 Å². The van der Waals surface area contributed by atoms with Gasteiger partial charge in [-0.2, -0.15) is 0 Å². The molecular weight excluding hydrogens is 288 g/mol. The Morgan fingerprint density at radius 2 is 1.60 bits per heavy atom. The number of rotatable bonds is 4. The van der Waals surface area contributed by atoms with Crippen LogP contribution in [0.1, 0.15) is 20.8 Å². The molecule has 1 rings (SSSR count). The van der Waals surface area contributed by atoms with Gasteiger partial charge < -0.3 is 18.9 Å². The van der Waals surface area contributed by atoms with Crippen molar-refractivity contribution in [3.63, 3.8) is 0 Å². The van der Waals surface area contributed by atoms with Crippen LogP contribution in [0, 0.1) is 0 Å². The van der Waals surface area contributed by atoms with E-state index >= 15 is 0 Å². The van der Waals surface area contributed by atoms with E-state index in [2.05, 4.69) is 0 Å². The lowest BCUT2D eigenvalue weighted by Crippen LogP contribution is -2.56. The third kappa shape index (κ3) is 4.77. The summed E-state index contributed by atoms with van der Waals surface area (Å²) in [5.41, 5.74) is 0. The van der Waals surface area contributed by atoms with Crippen LogP contribution >= 0.6 is 11.8 Å². The average molecular weight is 306 g/mol. The van der Waals surface area contributed by atoms with E-state index in [0.717, 1.165) is 11.8 Å². The van der Waals surface area contributed by atoms with Gasteiger partial charge in [-0.25, -0.2) is 0 Å². The summed E-state index contributed by atoms with van der Waals surface area (Å²) in [4.78, 5) is 33.7. The number of carbonyl (C=O) groups is 3. The van der Waals surface area contributed by atoms with Crippen LogP contribution in [0.25, 0.3) is 0 Å². The zero-order valence-corrected chi connectivity index (χ0v) is 12.6. The summed E-state index contributed by atoms with van der Waals surface area (Å²) in [7, 11) is 1.39. The first kappa shape index (κ1) is 16.9. The molecule has 0 aromatic rings. The van der Waals surface area contributed by atoms with Gasteiger partial charge in [0, 0.05) is 27.9 Å². The largest absolute Gasteiger partial charge is 0.457 e. The molecule has 0 aromatic heterocycles. The SMILES string of the molecule is CO[C@H]1OC[C@@H](SC(C)=O)[C@H](OC(C)=O)[C@H]1OC(C)=O. The van der Waals surface area contributed by atoms with Gasteiger partial charge in [0.1, 0.15) is 0 Å². The zero-order chi connectivity index (χ0) is 15.3. The number of hydrogen-bond donors (Lipinski definition) is 0. The van der Waals surface area contributed by atoms with Crippen LogP contribution in [0.5, 0.6) is 0 Å². The van der Waals surface area contributed by atoms with E-state index in [0.29, 0.717) is 0 Å². The Morgan fingerprint density at radius 1 is 1.05 bits per heavy atom. The second kappa shape index (κ2) is 7.61. The maximum atomic E-state index is 11.3. The number of thioether (sulfide) groups is 1. The second-order valence-corrected chi connectivity index (χ2v) is 5.65. The quantitative estimate of drug-likeness (QED) is 0.694.